The highest BCUT2D eigenvalue weighted by molar-refractivity contribution is 5.73. The minimum atomic E-state index is 1.20. The van der Waals surface area contributed by atoms with E-state index in [9.17, 15) is 0 Å². The summed E-state index contributed by atoms with van der Waals surface area (Å²) < 4.78 is 0. The van der Waals surface area contributed by atoms with Crippen LogP contribution in [0.2, 0.25) is 0 Å². The van der Waals surface area contributed by atoms with E-state index in [4.69, 9.17) is 0 Å². The predicted octanol–water partition coefficient (Wildman–Crippen LogP) is 6.51. The summed E-state index contributed by atoms with van der Waals surface area (Å²) in [5.41, 5.74) is 5.75. The lowest BCUT2D eigenvalue weighted by Gasteiger charge is -2.17. The zero-order valence-electron chi connectivity index (χ0n) is 13.2. The van der Waals surface area contributed by atoms with Crippen LogP contribution in [-0.4, -0.2) is 0 Å². The van der Waals surface area contributed by atoms with Crippen molar-refractivity contribution in [3.05, 3.63) is 83.4 Å². The van der Waals surface area contributed by atoms with Crippen LogP contribution in [0.1, 0.15) is 49.7 Å². The Balaban J connectivity index is 1.94. The second-order valence-electron chi connectivity index (χ2n) is 6.03. The molecule has 3 rings (SSSR count). The van der Waals surface area contributed by atoms with Crippen LogP contribution in [0, 0.1) is 0 Å². The third-order valence-electron chi connectivity index (χ3n) is 4.41. The summed E-state index contributed by atoms with van der Waals surface area (Å²) in [6, 6.07) is 21.5. The summed E-state index contributed by atoms with van der Waals surface area (Å²) in [5, 5.41) is 0. The average Bonchev–Trinajstić information content (AvgIpc) is 2.56. The van der Waals surface area contributed by atoms with Gasteiger partial charge >= 0.3 is 0 Å². The Bertz CT molecular complexity index is 632. The molecule has 0 atom stereocenters. The van der Waals surface area contributed by atoms with Gasteiger partial charge in [-0.05, 0) is 48.0 Å². The fourth-order valence-electron chi connectivity index (χ4n) is 3.20. The van der Waals surface area contributed by atoms with Crippen molar-refractivity contribution >= 4 is 11.6 Å². The number of rotatable bonds is 3. The number of allylic oxidation sites excluding steroid dienone is 3. The monoisotopic (exact) mass is 288 g/mol. The molecule has 1 aliphatic carbocycles. The van der Waals surface area contributed by atoms with Crippen LogP contribution in [0.25, 0.3) is 11.6 Å². The van der Waals surface area contributed by atoms with Gasteiger partial charge in [0.1, 0.15) is 0 Å². The highest BCUT2D eigenvalue weighted by atomic mass is 14.1. The minimum absolute atomic E-state index is 1.20. The van der Waals surface area contributed by atoms with Crippen molar-refractivity contribution in [2.75, 3.05) is 0 Å². The number of hydrogen-bond acceptors (Lipinski definition) is 0. The van der Waals surface area contributed by atoms with E-state index < -0.39 is 0 Å². The molecule has 0 saturated heterocycles. The molecule has 2 aromatic rings. The van der Waals surface area contributed by atoms with Crippen molar-refractivity contribution < 1.29 is 0 Å². The topological polar surface area (TPSA) is 0 Å². The van der Waals surface area contributed by atoms with Crippen LogP contribution in [0.15, 0.2) is 72.3 Å². The largest absolute Gasteiger partial charge is 0.0622 e. The Labute approximate surface area is 134 Å². The van der Waals surface area contributed by atoms with E-state index in [2.05, 4.69) is 72.8 Å². The van der Waals surface area contributed by atoms with Crippen LogP contribution in [0.5, 0.6) is 0 Å². The lowest BCUT2D eigenvalue weighted by molar-refractivity contribution is 0.636. The molecule has 1 aliphatic rings. The molecule has 112 valence electrons. The van der Waals surface area contributed by atoms with Gasteiger partial charge in [0.2, 0.25) is 0 Å². The number of benzene rings is 2. The van der Waals surface area contributed by atoms with Gasteiger partial charge in [-0.1, -0.05) is 85.7 Å². The van der Waals surface area contributed by atoms with Gasteiger partial charge in [-0.2, -0.15) is 0 Å². The van der Waals surface area contributed by atoms with Crippen molar-refractivity contribution in [3.8, 4) is 0 Å². The van der Waals surface area contributed by atoms with E-state index >= 15 is 0 Å². The van der Waals surface area contributed by atoms with Crippen molar-refractivity contribution in [2.24, 2.45) is 0 Å². The quantitative estimate of drug-likeness (QED) is 0.604. The van der Waals surface area contributed by atoms with Crippen molar-refractivity contribution in [2.45, 2.75) is 38.5 Å². The van der Waals surface area contributed by atoms with Crippen LogP contribution in [-0.2, 0) is 0 Å². The average molecular weight is 288 g/mol. The fraction of sp³-hybridized carbons (Fsp3) is 0.273. The van der Waals surface area contributed by atoms with E-state index in [1.54, 1.807) is 5.57 Å². The van der Waals surface area contributed by atoms with Gasteiger partial charge in [0.25, 0.3) is 0 Å². The summed E-state index contributed by atoms with van der Waals surface area (Å²) in [4.78, 5) is 0. The van der Waals surface area contributed by atoms with Gasteiger partial charge in [0, 0.05) is 0 Å². The van der Waals surface area contributed by atoms with Gasteiger partial charge in [0.15, 0.2) is 0 Å². The Morgan fingerprint density at radius 2 is 1.23 bits per heavy atom. The lowest BCUT2D eigenvalue weighted by Crippen LogP contribution is -1.96. The molecule has 0 heteroatoms. The zero-order chi connectivity index (χ0) is 15.0. The van der Waals surface area contributed by atoms with Gasteiger partial charge in [-0.25, -0.2) is 0 Å². The molecule has 0 fully saturated rings. The molecule has 0 aliphatic heterocycles. The second kappa shape index (κ2) is 7.79. The van der Waals surface area contributed by atoms with E-state index in [-0.39, 0.29) is 0 Å². The zero-order valence-corrected chi connectivity index (χ0v) is 13.2. The lowest BCUT2D eigenvalue weighted by atomic mass is 9.88. The first kappa shape index (κ1) is 14.8. The third-order valence-corrected chi connectivity index (χ3v) is 4.41. The Kier molecular flexibility index (Phi) is 5.26. The van der Waals surface area contributed by atoms with E-state index in [0.717, 1.165) is 0 Å². The molecule has 0 aromatic heterocycles. The van der Waals surface area contributed by atoms with Crippen molar-refractivity contribution in [1.29, 1.82) is 0 Å². The van der Waals surface area contributed by atoms with Crippen LogP contribution in [0.4, 0.5) is 0 Å². The SMILES string of the molecule is C(=Cc1ccccc1)/C1=C(\c2ccccc2)CCCCCC1. The summed E-state index contributed by atoms with van der Waals surface area (Å²) in [6.45, 7) is 0. The summed E-state index contributed by atoms with van der Waals surface area (Å²) in [6.07, 6.45) is 12.4. The molecule has 2 aromatic carbocycles. The molecule has 0 amide bonds. The smallest absolute Gasteiger partial charge is 0.0222 e. The standard InChI is InChI=1S/C22H24/c1-2-10-16-22(20-13-8-4-9-14-20)21(15-7-1)18-17-19-11-5-3-6-12-19/h3-6,8-9,11-14,17-18H,1-2,7,10,15-16H2/b18-17?,22-21-. The molecule has 0 bridgehead atoms. The van der Waals surface area contributed by atoms with Gasteiger partial charge in [-0.15, -0.1) is 0 Å². The first-order valence-electron chi connectivity index (χ1n) is 8.44. The molecular formula is C22H24. The normalized spacial score (nSPS) is 19.8. The molecule has 0 heterocycles. The molecule has 0 radical (unpaired) electrons. The Morgan fingerprint density at radius 3 is 1.95 bits per heavy atom. The van der Waals surface area contributed by atoms with Gasteiger partial charge in [-0.3, -0.25) is 0 Å². The number of hydrogen-bond donors (Lipinski definition) is 0. The summed E-state index contributed by atoms with van der Waals surface area (Å²) >= 11 is 0. The predicted molar refractivity (Wildman–Crippen MR) is 96.5 cm³/mol. The second-order valence-corrected chi connectivity index (χ2v) is 6.03. The summed E-state index contributed by atoms with van der Waals surface area (Å²) in [5.74, 6) is 0. The molecule has 0 unspecified atom stereocenters. The molecule has 0 nitrogen and oxygen atoms in total. The first-order chi connectivity index (χ1) is 10.9. The molecular weight excluding hydrogens is 264 g/mol. The van der Waals surface area contributed by atoms with E-state index in [0.29, 0.717) is 0 Å². The van der Waals surface area contributed by atoms with E-state index in [1.807, 2.05) is 0 Å². The summed E-state index contributed by atoms with van der Waals surface area (Å²) in [7, 11) is 0. The fourth-order valence-corrected chi connectivity index (χ4v) is 3.20. The molecule has 0 N–H and O–H groups in total. The van der Waals surface area contributed by atoms with Crippen molar-refractivity contribution in [3.63, 3.8) is 0 Å². The van der Waals surface area contributed by atoms with Crippen molar-refractivity contribution in [1.82, 2.24) is 0 Å². The first-order valence-corrected chi connectivity index (χ1v) is 8.44. The molecule has 0 saturated carbocycles. The maximum absolute atomic E-state index is 2.35. The third kappa shape index (κ3) is 3.98. The van der Waals surface area contributed by atoms with Gasteiger partial charge in [0.05, 0.1) is 0 Å². The highest BCUT2D eigenvalue weighted by Crippen LogP contribution is 2.31. The Hall–Kier alpha value is -2.08. The maximum atomic E-state index is 2.35. The molecule has 22 heavy (non-hydrogen) atoms. The van der Waals surface area contributed by atoms with Crippen LogP contribution in [0.3, 0.4) is 0 Å². The minimum Gasteiger partial charge on any atom is -0.0622 e. The highest BCUT2D eigenvalue weighted by Gasteiger charge is 2.10. The van der Waals surface area contributed by atoms with Gasteiger partial charge < -0.3 is 0 Å². The molecule has 0 spiro atoms. The maximum Gasteiger partial charge on any atom is -0.0222 e. The van der Waals surface area contributed by atoms with Crippen LogP contribution >= 0.6 is 0 Å². The Morgan fingerprint density at radius 1 is 0.591 bits per heavy atom. The van der Waals surface area contributed by atoms with Crippen LogP contribution < -0.4 is 0 Å². The van der Waals surface area contributed by atoms with E-state index in [1.165, 1.54) is 55.2 Å².